The Hall–Kier alpha value is -1.55. The summed E-state index contributed by atoms with van der Waals surface area (Å²) in [6, 6.07) is 10.2. The summed E-state index contributed by atoms with van der Waals surface area (Å²) in [4.78, 5) is 0. The molecule has 0 amide bonds. The van der Waals surface area contributed by atoms with E-state index >= 15 is 0 Å². The van der Waals surface area contributed by atoms with Crippen molar-refractivity contribution in [2.24, 2.45) is 0 Å². The fourth-order valence-electron chi connectivity index (χ4n) is 1.91. The molecule has 2 aromatic carbocycles. The SMILES string of the molecule is Cc1cc(O)ccc1NC(C)c1ccc(F)c(Br)c1. The number of aromatic hydroxyl groups is 1. The van der Waals surface area contributed by atoms with Crippen LogP contribution in [-0.2, 0) is 0 Å². The summed E-state index contributed by atoms with van der Waals surface area (Å²) < 4.78 is 13.7. The molecule has 0 fully saturated rings. The van der Waals surface area contributed by atoms with Crippen LogP contribution in [0.15, 0.2) is 40.9 Å². The smallest absolute Gasteiger partial charge is 0.137 e. The summed E-state index contributed by atoms with van der Waals surface area (Å²) in [7, 11) is 0. The number of aryl methyl sites for hydroxylation is 1. The molecule has 0 spiro atoms. The number of benzene rings is 2. The zero-order chi connectivity index (χ0) is 14.0. The van der Waals surface area contributed by atoms with Gasteiger partial charge in [0.1, 0.15) is 11.6 Å². The molecule has 0 aliphatic carbocycles. The molecular weight excluding hydrogens is 309 g/mol. The Morgan fingerprint density at radius 2 is 1.95 bits per heavy atom. The molecule has 0 radical (unpaired) electrons. The molecule has 0 aliphatic heterocycles. The lowest BCUT2D eigenvalue weighted by atomic mass is 10.1. The van der Waals surface area contributed by atoms with E-state index in [9.17, 15) is 9.50 Å². The van der Waals surface area contributed by atoms with Gasteiger partial charge in [0.25, 0.3) is 0 Å². The third kappa shape index (κ3) is 3.26. The molecule has 4 heteroatoms. The van der Waals surface area contributed by atoms with Crippen LogP contribution in [0.2, 0.25) is 0 Å². The van der Waals surface area contributed by atoms with Gasteiger partial charge in [-0.1, -0.05) is 6.07 Å². The molecule has 0 saturated heterocycles. The Balaban J connectivity index is 2.20. The van der Waals surface area contributed by atoms with Crippen molar-refractivity contribution in [3.05, 3.63) is 57.8 Å². The standard InChI is InChI=1S/C15H15BrFNO/c1-9-7-12(19)4-6-15(9)18-10(2)11-3-5-14(17)13(16)8-11/h3-8,10,18-19H,1-2H3. The molecule has 0 aliphatic rings. The Morgan fingerprint density at radius 1 is 1.21 bits per heavy atom. The Kier molecular flexibility index (Phi) is 4.10. The zero-order valence-corrected chi connectivity index (χ0v) is 12.3. The summed E-state index contributed by atoms with van der Waals surface area (Å²) >= 11 is 3.19. The van der Waals surface area contributed by atoms with Crippen molar-refractivity contribution in [3.8, 4) is 5.75 Å². The zero-order valence-electron chi connectivity index (χ0n) is 10.7. The van der Waals surface area contributed by atoms with Crippen molar-refractivity contribution in [3.63, 3.8) is 0 Å². The average Bonchev–Trinajstić information content (AvgIpc) is 2.36. The Morgan fingerprint density at radius 3 is 2.58 bits per heavy atom. The van der Waals surface area contributed by atoms with Gasteiger partial charge in [-0.2, -0.15) is 0 Å². The highest BCUT2D eigenvalue weighted by molar-refractivity contribution is 9.10. The minimum atomic E-state index is -0.267. The Labute approximate surface area is 120 Å². The first-order chi connectivity index (χ1) is 8.97. The molecular formula is C15H15BrFNO. The van der Waals surface area contributed by atoms with Gasteiger partial charge in [0, 0.05) is 11.7 Å². The summed E-state index contributed by atoms with van der Waals surface area (Å²) in [5, 5.41) is 12.7. The molecule has 0 bridgehead atoms. The molecule has 19 heavy (non-hydrogen) atoms. The van der Waals surface area contributed by atoms with Gasteiger partial charge in [-0.25, -0.2) is 4.39 Å². The summed E-state index contributed by atoms with van der Waals surface area (Å²) in [5.41, 5.74) is 2.90. The van der Waals surface area contributed by atoms with Crippen molar-refractivity contribution in [1.82, 2.24) is 0 Å². The van der Waals surface area contributed by atoms with Crippen LogP contribution >= 0.6 is 15.9 Å². The maximum absolute atomic E-state index is 13.2. The highest BCUT2D eigenvalue weighted by atomic mass is 79.9. The molecule has 0 saturated carbocycles. The van der Waals surface area contributed by atoms with Crippen LogP contribution in [0.3, 0.4) is 0 Å². The van der Waals surface area contributed by atoms with E-state index in [1.54, 1.807) is 24.3 Å². The molecule has 0 aromatic heterocycles. The van der Waals surface area contributed by atoms with Gasteiger partial charge in [-0.15, -0.1) is 0 Å². The van der Waals surface area contributed by atoms with Gasteiger partial charge < -0.3 is 10.4 Å². The number of phenols is 1. The van der Waals surface area contributed by atoms with Crippen LogP contribution in [0.4, 0.5) is 10.1 Å². The first kappa shape index (κ1) is 13.9. The van der Waals surface area contributed by atoms with Gasteiger partial charge >= 0.3 is 0 Å². The largest absolute Gasteiger partial charge is 0.508 e. The molecule has 1 unspecified atom stereocenters. The molecule has 1 atom stereocenters. The van der Waals surface area contributed by atoms with Crippen LogP contribution in [0.25, 0.3) is 0 Å². The molecule has 2 aromatic rings. The van der Waals surface area contributed by atoms with E-state index in [2.05, 4.69) is 21.2 Å². The van der Waals surface area contributed by atoms with E-state index in [0.717, 1.165) is 16.8 Å². The van der Waals surface area contributed by atoms with Crippen molar-refractivity contribution < 1.29 is 9.50 Å². The van der Waals surface area contributed by atoms with Gasteiger partial charge in [-0.05, 0) is 71.2 Å². The monoisotopic (exact) mass is 323 g/mol. The van der Waals surface area contributed by atoms with Gasteiger partial charge in [0.05, 0.1) is 4.47 Å². The van der Waals surface area contributed by atoms with Gasteiger partial charge in [0.15, 0.2) is 0 Å². The number of hydrogen-bond acceptors (Lipinski definition) is 2. The van der Waals surface area contributed by atoms with E-state index in [1.165, 1.54) is 6.07 Å². The quantitative estimate of drug-likeness (QED) is 0.797. The Bertz CT molecular complexity index is 601. The molecule has 2 N–H and O–H groups in total. The van der Waals surface area contributed by atoms with Crippen molar-refractivity contribution in [2.75, 3.05) is 5.32 Å². The molecule has 2 rings (SSSR count). The minimum absolute atomic E-state index is 0.0418. The normalized spacial score (nSPS) is 12.2. The summed E-state index contributed by atoms with van der Waals surface area (Å²) in [6.07, 6.45) is 0. The van der Waals surface area contributed by atoms with Crippen LogP contribution in [0.1, 0.15) is 24.1 Å². The number of nitrogens with one attached hydrogen (secondary N) is 1. The maximum Gasteiger partial charge on any atom is 0.137 e. The van der Waals surface area contributed by atoms with Gasteiger partial charge in [0.2, 0.25) is 0 Å². The topological polar surface area (TPSA) is 32.3 Å². The second kappa shape index (κ2) is 5.61. The predicted octanol–water partition coefficient (Wildman–Crippen LogP) is 4.78. The fourth-order valence-corrected chi connectivity index (χ4v) is 2.30. The van der Waals surface area contributed by atoms with Gasteiger partial charge in [-0.3, -0.25) is 0 Å². The summed E-state index contributed by atoms with van der Waals surface area (Å²) in [5.74, 6) is -0.0167. The molecule has 0 heterocycles. The number of anilines is 1. The number of hydrogen-bond donors (Lipinski definition) is 2. The van der Waals surface area contributed by atoms with E-state index in [0.29, 0.717) is 4.47 Å². The average molecular weight is 324 g/mol. The van der Waals surface area contributed by atoms with Crippen LogP contribution in [0.5, 0.6) is 5.75 Å². The highest BCUT2D eigenvalue weighted by Gasteiger charge is 2.09. The first-order valence-electron chi connectivity index (χ1n) is 5.98. The fraction of sp³-hybridized carbons (Fsp3) is 0.200. The van der Waals surface area contributed by atoms with E-state index in [1.807, 2.05) is 19.9 Å². The third-order valence-electron chi connectivity index (χ3n) is 3.03. The second-order valence-electron chi connectivity index (χ2n) is 4.54. The minimum Gasteiger partial charge on any atom is -0.508 e. The molecule has 100 valence electrons. The van der Waals surface area contributed by atoms with Crippen LogP contribution in [0, 0.1) is 12.7 Å². The van der Waals surface area contributed by atoms with E-state index < -0.39 is 0 Å². The van der Waals surface area contributed by atoms with E-state index in [4.69, 9.17) is 0 Å². The lowest BCUT2D eigenvalue weighted by Gasteiger charge is -2.18. The van der Waals surface area contributed by atoms with Crippen molar-refractivity contribution in [2.45, 2.75) is 19.9 Å². The first-order valence-corrected chi connectivity index (χ1v) is 6.78. The molecule has 2 nitrogen and oxygen atoms in total. The maximum atomic E-state index is 13.2. The number of rotatable bonds is 3. The van der Waals surface area contributed by atoms with E-state index in [-0.39, 0.29) is 17.6 Å². The third-order valence-corrected chi connectivity index (χ3v) is 3.63. The van der Waals surface area contributed by atoms with Crippen LogP contribution < -0.4 is 5.32 Å². The highest BCUT2D eigenvalue weighted by Crippen LogP contribution is 2.27. The van der Waals surface area contributed by atoms with Crippen LogP contribution in [-0.4, -0.2) is 5.11 Å². The predicted molar refractivity (Wildman–Crippen MR) is 79.0 cm³/mol. The number of phenolic OH excluding ortho intramolecular Hbond substituents is 1. The van der Waals surface area contributed by atoms with Crippen molar-refractivity contribution >= 4 is 21.6 Å². The number of halogens is 2. The summed E-state index contributed by atoms with van der Waals surface area (Å²) in [6.45, 7) is 3.93. The lowest BCUT2D eigenvalue weighted by molar-refractivity contribution is 0.475. The van der Waals surface area contributed by atoms with Crippen molar-refractivity contribution in [1.29, 1.82) is 0 Å². The lowest BCUT2D eigenvalue weighted by Crippen LogP contribution is -2.07. The second-order valence-corrected chi connectivity index (χ2v) is 5.39.